The molecule has 0 aliphatic rings. The molecule has 2 aromatic carbocycles. The molecule has 0 fully saturated rings. The summed E-state index contributed by atoms with van der Waals surface area (Å²) in [5.74, 6) is 1.16. The van der Waals surface area contributed by atoms with E-state index in [4.69, 9.17) is 15.2 Å². The average Bonchev–Trinajstić information content (AvgIpc) is 2.59. The molecule has 0 atom stereocenters. The number of alkyl halides is 3. The first-order chi connectivity index (χ1) is 11.8. The zero-order valence-corrected chi connectivity index (χ0v) is 16.5. The highest BCUT2D eigenvalue weighted by Gasteiger charge is 2.30. The largest absolute Gasteiger partial charge is 0.497 e. The van der Waals surface area contributed by atoms with E-state index in [9.17, 15) is 13.2 Å². The van der Waals surface area contributed by atoms with E-state index in [2.05, 4.69) is 10.3 Å². The summed E-state index contributed by atoms with van der Waals surface area (Å²) in [5.41, 5.74) is 6.03. The van der Waals surface area contributed by atoms with Crippen LogP contribution in [0, 0.1) is 0 Å². The number of nitrogens with one attached hydrogen (secondary N) is 1. The number of nitrogens with two attached hydrogens (primary N) is 1. The molecule has 26 heavy (non-hydrogen) atoms. The predicted octanol–water partition coefficient (Wildman–Crippen LogP) is 4.27. The van der Waals surface area contributed by atoms with Gasteiger partial charge in [-0.3, -0.25) is 0 Å². The quantitative estimate of drug-likeness (QED) is 0.381. The molecule has 0 aliphatic heterocycles. The van der Waals surface area contributed by atoms with Gasteiger partial charge in [0.15, 0.2) is 5.96 Å². The third-order valence-electron chi connectivity index (χ3n) is 3.36. The highest BCUT2D eigenvalue weighted by Crippen LogP contribution is 2.30. The first kappa shape index (κ1) is 21.9. The van der Waals surface area contributed by atoms with Crippen molar-refractivity contribution in [3.8, 4) is 11.5 Å². The summed E-state index contributed by atoms with van der Waals surface area (Å²) < 4.78 is 48.5. The maximum atomic E-state index is 12.7. The highest BCUT2D eigenvalue weighted by atomic mass is 127. The number of anilines is 1. The summed E-state index contributed by atoms with van der Waals surface area (Å²) in [6.07, 6.45) is -4.39. The second kappa shape index (κ2) is 9.51. The maximum Gasteiger partial charge on any atom is 0.416 e. The molecule has 142 valence electrons. The van der Waals surface area contributed by atoms with Gasteiger partial charge in [-0.15, -0.1) is 24.0 Å². The van der Waals surface area contributed by atoms with Gasteiger partial charge in [0.05, 0.1) is 32.0 Å². The number of ether oxygens (including phenoxy) is 2. The van der Waals surface area contributed by atoms with Gasteiger partial charge in [0.1, 0.15) is 11.5 Å². The van der Waals surface area contributed by atoms with Crippen LogP contribution < -0.4 is 20.5 Å². The van der Waals surface area contributed by atoms with Crippen molar-refractivity contribution in [3.05, 3.63) is 53.6 Å². The van der Waals surface area contributed by atoms with Crippen LogP contribution in [-0.2, 0) is 12.7 Å². The molecule has 0 radical (unpaired) electrons. The lowest BCUT2D eigenvalue weighted by atomic mass is 10.1. The summed E-state index contributed by atoms with van der Waals surface area (Å²) in [5, 5.41) is 2.85. The highest BCUT2D eigenvalue weighted by molar-refractivity contribution is 14.0. The van der Waals surface area contributed by atoms with Crippen LogP contribution in [0.2, 0.25) is 0 Å². The standard InChI is InChI=1S/C17H18F3N3O2.HI/c1-24-13-6-7-15(25-2)14(9-13)23-16(21)22-10-11-4-3-5-12(8-11)17(18,19)20;/h3-9H,10H2,1-2H3,(H3,21,22,23);1H. The van der Waals surface area contributed by atoms with E-state index in [-0.39, 0.29) is 36.5 Å². The van der Waals surface area contributed by atoms with Crippen molar-refractivity contribution >= 4 is 35.6 Å². The number of nitrogens with zero attached hydrogens (tertiary/aromatic N) is 1. The lowest BCUT2D eigenvalue weighted by molar-refractivity contribution is -0.137. The number of hydrogen-bond donors (Lipinski definition) is 2. The Hall–Kier alpha value is -2.17. The Morgan fingerprint density at radius 1 is 1.12 bits per heavy atom. The second-order valence-electron chi connectivity index (χ2n) is 5.09. The maximum absolute atomic E-state index is 12.7. The van der Waals surface area contributed by atoms with Gasteiger partial charge >= 0.3 is 6.18 Å². The topological polar surface area (TPSA) is 68.9 Å². The van der Waals surface area contributed by atoms with Crippen molar-refractivity contribution in [2.75, 3.05) is 19.5 Å². The third-order valence-corrected chi connectivity index (χ3v) is 3.36. The molecule has 0 aliphatic carbocycles. The molecule has 9 heteroatoms. The molecule has 2 rings (SSSR count). The van der Waals surface area contributed by atoms with Crippen molar-refractivity contribution in [3.63, 3.8) is 0 Å². The molecule has 0 spiro atoms. The molecule has 2 aromatic rings. The molecule has 0 aromatic heterocycles. The van der Waals surface area contributed by atoms with Crippen molar-refractivity contribution in [2.24, 2.45) is 10.7 Å². The molecular weight excluding hydrogens is 462 g/mol. The van der Waals surface area contributed by atoms with E-state index in [0.29, 0.717) is 22.7 Å². The summed E-state index contributed by atoms with van der Waals surface area (Å²) >= 11 is 0. The number of methoxy groups -OCH3 is 2. The molecule has 0 bridgehead atoms. The van der Waals surface area contributed by atoms with Crippen LogP contribution in [0.15, 0.2) is 47.5 Å². The normalized spacial score (nSPS) is 11.5. The van der Waals surface area contributed by atoms with Gasteiger partial charge in [0.2, 0.25) is 0 Å². The molecule has 0 heterocycles. The lowest BCUT2D eigenvalue weighted by Crippen LogP contribution is -2.23. The van der Waals surface area contributed by atoms with Gasteiger partial charge in [-0.05, 0) is 29.8 Å². The molecule has 0 amide bonds. The van der Waals surface area contributed by atoms with Crippen LogP contribution in [-0.4, -0.2) is 20.2 Å². The molecule has 0 saturated carbocycles. The first-order valence-corrected chi connectivity index (χ1v) is 7.28. The van der Waals surface area contributed by atoms with E-state index in [1.165, 1.54) is 20.3 Å². The Morgan fingerprint density at radius 3 is 2.46 bits per heavy atom. The summed E-state index contributed by atoms with van der Waals surface area (Å²) in [6.45, 7) is 0.00897. The number of aliphatic imine (C=N–C) groups is 1. The van der Waals surface area contributed by atoms with Gasteiger partial charge in [0, 0.05) is 6.07 Å². The van der Waals surface area contributed by atoms with E-state index in [0.717, 1.165) is 12.1 Å². The average molecular weight is 481 g/mol. The van der Waals surface area contributed by atoms with E-state index in [1.807, 2.05) is 0 Å². The first-order valence-electron chi connectivity index (χ1n) is 7.28. The monoisotopic (exact) mass is 481 g/mol. The minimum Gasteiger partial charge on any atom is -0.497 e. The zero-order chi connectivity index (χ0) is 18.4. The van der Waals surface area contributed by atoms with Gasteiger partial charge < -0.3 is 20.5 Å². The Labute approximate surface area is 166 Å². The third kappa shape index (κ3) is 5.97. The molecule has 3 N–H and O–H groups in total. The number of hydrogen-bond acceptors (Lipinski definition) is 3. The fraction of sp³-hybridized carbons (Fsp3) is 0.235. The van der Waals surface area contributed by atoms with Gasteiger partial charge in [-0.25, -0.2) is 4.99 Å². The van der Waals surface area contributed by atoms with Gasteiger partial charge in [0.25, 0.3) is 0 Å². The van der Waals surface area contributed by atoms with Crippen LogP contribution in [0.1, 0.15) is 11.1 Å². The Morgan fingerprint density at radius 2 is 1.85 bits per heavy atom. The second-order valence-corrected chi connectivity index (χ2v) is 5.09. The molecule has 5 nitrogen and oxygen atoms in total. The van der Waals surface area contributed by atoms with Crippen molar-refractivity contribution in [2.45, 2.75) is 12.7 Å². The minimum atomic E-state index is -4.39. The van der Waals surface area contributed by atoms with Crippen LogP contribution in [0.4, 0.5) is 18.9 Å². The van der Waals surface area contributed by atoms with E-state index >= 15 is 0 Å². The molecule has 0 unspecified atom stereocenters. The smallest absolute Gasteiger partial charge is 0.416 e. The lowest BCUT2D eigenvalue weighted by Gasteiger charge is -2.12. The molecular formula is C17H19F3IN3O2. The van der Waals surface area contributed by atoms with Crippen molar-refractivity contribution in [1.29, 1.82) is 0 Å². The number of benzene rings is 2. The van der Waals surface area contributed by atoms with Gasteiger partial charge in [-0.1, -0.05) is 12.1 Å². The summed E-state index contributed by atoms with van der Waals surface area (Å²) in [7, 11) is 3.03. The predicted molar refractivity (Wildman–Crippen MR) is 105 cm³/mol. The fourth-order valence-corrected chi connectivity index (χ4v) is 2.11. The van der Waals surface area contributed by atoms with Crippen molar-refractivity contribution < 1.29 is 22.6 Å². The minimum absolute atomic E-state index is 0. The Kier molecular flexibility index (Phi) is 8.00. The van der Waals surface area contributed by atoms with Crippen LogP contribution in [0.5, 0.6) is 11.5 Å². The number of rotatable bonds is 5. The molecule has 0 saturated heterocycles. The summed E-state index contributed by atoms with van der Waals surface area (Å²) in [4.78, 5) is 4.06. The number of guanidine groups is 1. The van der Waals surface area contributed by atoms with Gasteiger partial charge in [-0.2, -0.15) is 13.2 Å². The van der Waals surface area contributed by atoms with Crippen LogP contribution in [0.3, 0.4) is 0 Å². The SMILES string of the molecule is COc1ccc(OC)c(NC(N)=NCc2cccc(C(F)(F)F)c2)c1.I. The summed E-state index contributed by atoms with van der Waals surface area (Å²) in [6, 6.07) is 10.0. The van der Waals surface area contributed by atoms with E-state index < -0.39 is 11.7 Å². The van der Waals surface area contributed by atoms with E-state index in [1.54, 1.807) is 24.3 Å². The van der Waals surface area contributed by atoms with Crippen LogP contribution >= 0.6 is 24.0 Å². The van der Waals surface area contributed by atoms with Crippen molar-refractivity contribution in [1.82, 2.24) is 0 Å². The zero-order valence-electron chi connectivity index (χ0n) is 14.1. The van der Waals surface area contributed by atoms with Crippen LogP contribution in [0.25, 0.3) is 0 Å². The Balaban J connectivity index is 0.00000338. The number of halogens is 4. The fourth-order valence-electron chi connectivity index (χ4n) is 2.11. The Bertz CT molecular complexity index is 767.